The lowest BCUT2D eigenvalue weighted by Crippen LogP contribution is -2.12. The highest BCUT2D eigenvalue weighted by atomic mass is 14.9. The molecule has 2 nitrogen and oxygen atoms in total. The lowest BCUT2D eigenvalue weighted by Gasteiger charge is -2.00. The molecule has 1 aromatic rings. The molecule has 0 aliphatic heterocycles. The molecule has 11 heavy (non-hydrogen) atoms. The van der Waals surface area contributed by atoms with E-state index in [2.05, 4.69) is 29.4 Å². The van der Waals surface area contributed by atoms with Crippen molar-refractivity contribution in [2.45, 2.75) is 20.4 Å². The van der Waals surface area contributed by atoms with Crippen molar-refractivity contribution in [3.63, 3.8) is 0 Å². The van der Waals surface area contributed by atoms with E-state index < -0.39 is 0 Å². The Labute approximate surface area is 67.7 Å². The number of nitrogens with zero attached hydrogens (tertiary/aromatic N) is 1. The SMILES string of the molecule is CCNCc1ccc(C)cn1. The summed E-state index contributed by atoms with van der Waals surface area (Å²) in [4.78, 5) is 4.25. The van der Waals surface area contributed by atoms with Crippen molar-refractivity contribution in [3.8, 4) is 0 Å². The number of rotatable bonds is 3. The van der Waals surface area contributed by atoms with Crippen molar-refractivity contribution < 1.29 is 0 Å². The highest BCUT2D eigenvalue weighted by Gasteiger charge is 1.90. The summed E-state index contributed by atoms with van der Waals surface area (Å²) in [7, 11) is 0. The monoisotopic (exact) mass is 150 g/mol. The van der Waals surface area contributed by atoms with Gasteiger partial charge in [0.05, 0.1) is 5.69 Å². The molecule has 0 amide bonds. The Kier molecular flexibility index (Phi) is 3.05. The first-order valence-corrected chi connectivity index (χ1v) is 3.95. The Morgan fingerprint density at radius 1 is 1.45 bits per heavy atom. The van der Waals surface area contributed by atoms with Gasteiger partial charge in [-0.3, -0.25) is 4.98 Å². The fraction of sp³-hybridized carbons (Fsp3) is 0.444. The molecule has 1 rings (SSSR count). The maximum Gasteiger partial charge on any atom is 0.0541 e. The molecule has 0 radical (unpaired) electrons. The van der Waals surface area contributed by atoms with Crippen molar-refractivity contribution in [1.82, 2.24) is 10.3 Å². The van der Waals surface area contributed by atoms with Gasteiger partial charge in [-0.15, -0.1) is 0 Å². The van der Waals surface area contributed by atoms with Crippen molar-refractivity contribution in [1.29, 1.82) is 0 Å². The van der Waals surface area contributed by atoms with Crippen LogP contribution in [0.4, 0.5) is 0 Å². The quantitative estimate of drug-likeness (QED) is 0.706. The van der Waals surface area contributed by atoms with Crippen LogP contribution in [0.25, 0.3) is 0 Å². The van der Waals surface area contributed by atoms with Crippen LogP contribution in [-0.4, -0.2) is 11.5 Å². The van der Waals surface area contributed by atoms with E-state index in [9.17, 15) is 0 Å². The van der Waals surface area contributed by atoms with Gasteiger partial charge >= 0.3 is 0 Å². The largest absolute Gasteiger partial charge is 0.311 e. The minimum absolute atomic E-state index is 0.872. The fourth-order valence-electron chi connectivity index (χ4n) is 0.856. The first kappa shape index (κ1) is 8.21. The van der Waals surface area contributed by atoms with Crippen LogP contribution in [-0.2, 0) is 6.54 Å². The second kappa shape index (κ2) is 4.09. The normalized spacial score (nSPS) is 10.0. The van der Waals surface area contributed by atoms with Gasteiger partial charge in [0.15, 0.2) is 0 Å². The first-order valence-electron chi connectivity index (χ1n) is 3.95. The summed E-state index contributed by atoms with van der Waals surface area (Å²) in [6.07, 6.45) is 1.90. The van der Waals surface area contributed by atoms with E-state index in [0.29, 0.717) is 0 Å². The third kappa shape index (κ3) is 2.68. The van der Waals surface area contributed by atoms with Crippen LogP contribution >= 0.6 is 0 Å². The molecule has 0 saturated carbocycles. The molecule has 0 aliphatic rings. The highest BCUT2D eigenvalue weighted by Crippen LogP contribution is 1.97. The third-order valence-corrected chi connectivity index (χ3v) is 1.53. The summed E-state index contributed by atoms with van der Waals surface area (Å²) in [6, 6.07) is 4.14. The van der Waals surface area contributed by atoms with E-state index in [1.165, 1.54) is 5.56 Å². The summed E-state index contributed by atoms with van der Waals surface area (Å²) >= 11 is 0. The maximum absolute atomic E-state index is 4.25. The number of aromatic nitrogens is 1. The van der Waals surface area contributed by atoms with Crippen molar-refractivity contribution in [2.75, 3.05) is 6.54 Å². The second-order valence-corrected chi connectivity index (χ2v) is 2.61. The summed E-state index contributed by atoms with van der Waals surface area (Å²) in [6.45, 7) is 6.00. The first-order chi connectivity index (χ1) is 5.33. The molecule has 0 bridgehead atoms. The molecule has 0 saturated heterocycles. The number of hydrogen-bond donors (Lipinski definition) is 1. The van der Waals surface area contributed by atoms with Gasteiger partial charge in [0.1, 0.15) is 0 Å². The summed E-state index contributed by atoms with van der Waals surface area (Å²) in [5, 5.41) is 3.22. The zero-order valence-electron chi connectivity index (χ0n) is 7.09. The van der Waals surface area contributed by atoms with E-state index in [4.69, 9.17) is 0 Å². The van der Waals surface area contributed by atoms with Gasteiger partial charge in [-0.1, -0.05) is 13.0 Å². The molecule has 1 aromatic heterocycles. The Balaban J connectivity index is 2.52. The fourth-order valence-corrected chi connectivity index (χ4v) is 0.856. The Hall–Kier alpha value is -0.890. The molecular formula is C9H14N2. The van der Waals surface area contributed by atoms with Crippen LogP contribution in [0.3, 0.4) is 0 Å². The molecule has 0 atom stereocenters. The molecular weight excluding hydrogens is 136 g/mol. The molecule has 0 aliphatic carbocycles. The van der Waals surface area contributed by atoms with Crippen molar-refractivity contribution in [3.05, 3.63) is 29.6 Å². The Morgan fingerprint density at radius 3 is 2.82 bits per heavy atom. The molecule has 2 heteroatoms. The number of hydrogen-bond acceptors (Lipinski definition) is 2. The molecule has 0 fully saturated rings. The standard InChI is InChI=1S/C9H14N2/c1-3-10-7-9-5-4-8(2)6-11-9/h4-6,10H,3,7H2,1-2H3. The van der Waals surface area contributed by atoms with E-state index in [1.54, 1.807) is 0 Å². The van der Waals surface area contributed by atoms with E-state index >= 15 is 0 Å². The van der Waals surface area contributed by atoms with Crippen LogP contribution in [0.5, 0.6) is 0 Å². The van der Waals surface area contributed by atoms with Crippen LogP contribution in [0, 0.1) is 6.92 Å². The molecule has 0 unspecified atom stereocenters. The molecule has 1 heterocycles. The average Bonchev–Trinajstić information content (AvgIpc) is 2.04. The Morgan fingerprint density at radius 2 is 2.27 bits per heavy atom. The minimum atomic E-state index is 0.872. The molecule has 1 N–H and O–H groups in total. The lowest BCUT2D eigenvalue weighted by atomic mass is 10.3. The zero-order chi connectivity index (χ0) is 8.10. The van der Waals surface area contributed by atoms with Gasteiger partial charge in [0.25, 0.3) is 0 Å². The van der Waals surface area contributed by atoms with Gasteiger partial charge in [-0.2, -0.15) is 0 Å². The van der Waals surface area contributed by atoms with Crippen molar-refractivity contribution >= 4 is 0 Å². The predicted molar refractivity (Wildman–Crippen MR) is 46.4 cm³/mol. The van der Waals surface area contributed by atoms with E-state index in [-0.39, 0.29) is 0 Å². The van der Waals surface area contributed by atoms with Gasteiger partial charge in [-0.25, -0.2) is 0 Å². The topological polar surface area (TPSA) is 24.9 Å². The van der Waals surface area contributed by atoms with Crippen LogP contribution < -0.4 is 5.32 Å². The number of nitrogens with one attached hydrogen (secondary N) is 1. The predicted octanol–water partition coefficient (Wildman–Crippen LogP) is 1.50. The Bertz CT molecular complexity index is 203. The summed E-state index contributed by atoms with van der Waals surface area (Å²) in [5.41, 5.74) is 2.32. The number of pyridine rings is 1. The van der Waals surface area contributed by atoms with Crippen LogP contribution in [0.1, 0.15) is 18.2 Å². The minimum Gasteiger partial charge on any atom is -0.311 e. The smallest absolute Gasteiger partial charge is 0.0541 e. The average molecular weight is 150 g/mol. The molecule has 60 valence electrons. The molecule has 0 spiro atoms. The second-order valence-electron chi connectivity index (χ2n) is 2.61. The van der Waals surface area contributed by atoms with Crippen LogP contribution in [0.15, 0.2) is 18.3 Å². The zero-order valence-corrected chi connectivity index (χ0v) is 7.09. The summed E-state index contributed by atoms with van der Waals surface area (Å²) < 4.78 is 0. The van der Waals surface area contributed by atoms with Crippen molar-refractivity contribution in [2.24, 2.45) is 0 Å². The summed E-state index contributed by atoms with van der Waals surface area (Å²) in [5.74, 6) is 0. The van der Waals surface area contributed by atoms with E-state index in [0.717, 1.165) is 18.8 Å². The van der Waals surface area contributed by atoms with Crippen LogP contribution in [0.2, 0.25) is 0 Å². The van der Waals surface area contributed by atoms with Gasteiger partial charge in [0.2, 0.25) is 0 Å². The maximum atomic E-state index is 4.25. The number of aryl methyl sites for hydroxylation is 1. The third-order valence-electron chi connectivity index (χ3n) is 1.53. The van der Waals surface area contributed by atoms with E-state index in [1.807, 2.05) is 13.1 Å². The van der Waals surface area contributed by atoms with Gasteiger partial charge in [0, 0.05) is 12.7 Å². The highest BCUT2D eigenvalue weighted by molar-refractivity contribution is 5.11. The lowest BCUT2D eigenvalue weighted by molar-refractivity contribution is 0.710. The molecule has 0 aromatic carbocycles. The van der Waals surface area contributed by atoms with Gasteiger partial charge in [-0.05, 0) is 25.1 Å². The van der Waals surface area contributed by atoms with Gasteiger partial charge < -0.3 is 5.32 Å².